The molecule has 2 aliphatic heterocycles. The molecule has 0 spiro atoms. The zero-order chi connectivity index (χ0) is 23.2. The zero-order valence-electron chi connectivity index (χ0n) is 19.3. The topological polar surface area (TPSA) is 36.0 Å². The lowest BCUT2D eigenvalue weighted by molar-refractivity contribution is 0.0747. The number of halogens is 2. The van der Waals surface area contributed by atoms with E-state index in [1.165, 1.54) is 25.9 Å². The molecule has 7 heteroatoms. The average Bonchev–Trinajstić information content (AvgIpc) is 2.84. The van der Waals surface area contributed by atoms with Crippen LogP contribution in [0.3, 0.4) is 0 Å². The van der Waals surface area contributed by atoms with Gasteiger partial charge in [-0.3, -0.25) is 4.79 Å². The molecule has 1 amide bonds. The van der Waals surface area contributed by atoms with Gasteiger partial charge in [-0.05, 0) is 68.1 Å². The molecule has 2 fully saturated rings. The highest BCUT2D eigenvalue weighted by atomic mass is 35.5. The molecule has 2 saturated heterocycles. The number of carbonyl (C=O) groups is 1. The van der Waals surface area contributed by atoms with Crippen LogP contribution in [0.4, 0.5) is 5.69 Å². The Kier molecular flexibility index (Phi) is 8.39. The molecular formula is C26H33Cl2N3O2. The van der Waals surface area contributed by atoms with Gasteiger partial charge in [0.15, 0.2) is 0 Å². The van der Waals surface area contributed by atoms with Gasteiger partial charge in [-0.1, -0.05) is 36.2 Å². The number of amides is 1. The van der Waals surface area contributed by atoms with Crippen LogP contribution in [-0.2, 0) is 0 Å². The SMILES string of the molecule is CC1CCCN(CCCOc2ccc(N3CCN(C(=O)c4cccc(Cl)c4Cl)CC3)cc2)C1. The summed E-state index contributed by atoms with van der Waals surface area (Å²) in [5.41, 5.74) is 1.62. The Morgan fingerprint density at radius 3 is 2.52 bits per heavy atom. The molecule has 1 unspecified atom stereocenters. The molecule has 178 valence electrons. The maximum absolute atomic E-state index is 12.8. The Balaban J connectivity index is 1.21. The van der Waals surface area contributed by atoms with Crippen molar-refractivity contribution in [3.05, 3.63) is 58.1 Å². The Morgan fingerprint density at radius 2 is 1.79 bits per heavy atom. The number of piperazine rings is 1. The first-order valence-corrected chi connectivity index (χ1v) is 12.7. The van der Waals surface area contributed by atoms with Crippen molar-refractivity contribution in [2.75, 3.05) is 57.3 Å². The quantitative estimate of drug-likeness (QED) is 0.484. The van der Waals surface area contributed by atoms with Gasteiger partial charge in [0.2, 0.25) is 0 Å². The van der Waals surface area contributed by atoms with Crippen molar-refractivity contribution >= 4 is 34.8 Å². The van der Waals surface area contributed by atoms with Crippen LogP contribution in [0, 0.1) is 5.92 Å². The van der Waals surface area contributed by atoms with E-state index in [-0.39, 0.29) is 5.91 Å². The summed E-state index contributed by atoms with van der Waals surface area (Å²) >= 11 is 12.3. The van der Waals surface area contributed by atoms with Crippen LogP contribution in [0.2, 0.25) is 10.0 Å². The van der Waals surface area contributed by atoms with Gasteiger partial charge in [0, 0.05) is 45.0 Å². The molecule has 0 saturated carbocycles. The third-order valence-corrected chi connectivity index (χ3v) is 7.40. The van der Waals surface area contributed by atoms with E-state index in [1.807, 2.05) is 17.0 Å². The minimum atomic E-state index is -0.0649. The van der Waals surface area contributed by atoms with E-state index < -0.39 is 0 Å². The van der Waals surface area contributed by atoms with E-state index in [0.29, 0.717) is 28.7 Å². The van der Waals surface area contributed by atoms with Crippen LogP contribution >= 0.6 is 23.2 Å². The Morgan fingerprint density at radius 1 is 1.03 bits per heavy atom. The molecule has 0 aromatic heterocycles. The number of benzene rings is 2. The Bertz CT molecular complexity index is 930. The van der Waals surface area contributed by atoms with Crippen molar-refractivity contribution < 1.29 is 9.53 Å². The number of hydrogen-bond acceptors (Lipinski definition) is 4. The highest BCUT2D eigenvalue weighted by Gasteiger charge is 2.24. The highest BCUT2D eigenvalue weighted by Crippen LogP contribution is 2.27. The van der Waals surface area contributed by atoms with Gasteiger partial charge in [-0.15, -0.1) is 0 Å². The molecule has 0 radical (unpaired) electrons. The summed E-state index contributed by atoms with van der Waals surface area (Å²) in [5.74, 6) is 1.67. The van der Waals surface area contributed by atoms with Crippen molar-refractivity contribution in [3.8, 4) is 5.75 Å². The molecule has 2 heterocycles. The maximum atomic E-state index is 12.8. The summed E-state index contributed by atoms with van der Waals surface area (Å²) in [7, 11) is 0. The molecule has 5 nitrogen and oxygen atoms in total. The lowest BCUT2D eigenvalue weighted by Crippen LogP contribution is -2.48. The number of piperidine rings is 1. The number of nitrogens with zero attached hydrogens (tertiary/aromatic N) is 3. The van der Waals surface area contributed by atoms with Crippen LogP contribution in [0.5, 0.6) is 5.75 Å². The molecule has 0 bridgehead atoms. The third-order valence-electron chi connectivity index (χ3n) is 6.58. The Labute approximate surface area is 207 Å². The first kappa shape index (κ1) is 24.2. The van der Waals surface area contributed by atoms with Crippen LogP contribution in [0.25, 0.3) is 0 Å². The molecule has 0 N–H and O–H groups in total. The third kappa shape index (κ3) is 6.34. The van der Waals surface area contributed by atoms with Gasteiger partial charge in [0.1, 0.15) is 5.75 Å². The van der Waals surface area contributed by atoms with Gasteiger partial charge >= 0.3 is 0 Å². The van der Waals surface area contributed by atoms with E-state index in [2.05, 4.69) is 28.9 Å². The largest absolute Gasteiger partial charge is 0.494 e. The average molecular weight is 490 g/mol. The molecule has 1 atom stereocenters. The summed E-state index contributed by atoms with van der Waals surface area (Å²) < 4.78 is 5.96. The number of rotatable bonds is 7. The van der Waals surface area contributed by atoms with E-state index in [4.69, 9.17) is 27.9 Å². The summed E-state index contributed by atoms with van der Waals surface area (Å²) in [5, 5.41) is 0.734. The summed E-state index contributed by atoms with van der Waals surface area (Å²) in [6, 6.07) is 13.5. The second-order valence-electron chi connectivity index (χ2n) is 9.12. The predicted molar refractivity (Wildman–Crippen MR) is 136 cm³/mol. The van der Waals surface area contributed by atoms with Gasteiger partial charge in [0.05, 0.1) is 22.2 Å². The van der Waals surface area contributed by atoms with Crippen molar-refractivity contribution in [2.45, 2.75) is 26.2 Å². The maximum Gasteiger partial charge on any atom is 0.255 e. The minimum absolute atomic E-state index is 0.0649. The van der Waals surface area contributed by atoms with E-state index in [9.17, 15) is 4.79 Å². The minimum Gasteiger partial charge on any atom is -0.494 e. The monoisotopic (exact) mass is 489 g/mol. The van der Waals surface area contributed by atoms with Gasteiger partial charge in [-0.25, -0.2) is 0 Å². The molecule has 0 aliphatic carbocycles. The zero-order valence-corrected chi connectivity index (χ0v) is 20.8. The van der Waals surface area contributed by atoms with Crippen molar-refractivity contribution in [3.63, 3.8) is 0 Å². The molecule has 2 aromatic rings. The van der Waals surface area contributed by atoms with Crippen LogP contribution in [-0.4, -0.2) is 68.1 Å². The second-order valence-corrected chi connectivity index (χ2v) is 9.91. The number of ether oxygens (including phenoxy) is 1. The second kappa shape index (κ2) is 11.5. The molecule has 2 aliphatic rings. The van der Waals surface area contributed by atoms with Gasteiger partial charge < -0.3 is 19.4 Å². The number of likely N-dealkylation sites (tertiary alicyclic amines) is 1. The van der Waals surface area contributed by atoms with E-state index >= 15 is 0 Å². The summed E-state index contributed by atoms with van der Waals surface area (Å²) in [4.78, 5) is 19.5. The summed E-state index contributed by atoms with van der Waals surface area (Å²) in [6.45, 7) is 9.50. The lowest BCUT2D eigenvalue weighted by Gasteiger charge is -2.36. The van der Waals surface area contributed by atoms with Crippen LogP contribution < -0.4 is 9.64 Å². The number of carbonyl (C=O) groups excluding carboxylic acids is 1. The molecule has 2 aromatic carbocycles. The number of hydrogen-bond donors (Lipinski definition) is 0. The van der Waals surface area contributed by atoms with Crippen molar-refractivity contribution in [1.82, 2.24) is 9.80 Å². The van der Waals surface area contributed by atoms with Crippen molar-refractivity contribution in [1.29, 1.82) is 0 Å². The molecule has 4 rings (SSSR count). The smallest absolute Gasteiger partial charge is 0.255 e. The fourth-order valence-electron chi connectivity index (χ4n) is 4.73. The predicted octanol–water partition coefficient (Wildman–Crippen LogP) is 5.46. The highest BCUT2D eigenvalue weighted by molar-refractivity contribution is 6.43. The summed E-state index contributed by atoms with van der Waals surface area (Å²) in [6.07, 6.45) is 3.74. The fraction of sp³-hybridized carbons (Fsp3) is 0.500. The molecule has 33 heavy (non-hydrogen) atoms. The van der Waals surface area contributed by atoms with Gasteiger partial charge in [-0.2, -0.15) is 0 Å². The Hall–Kier alpha value is -1.95. The normalized spacial score (nSPS) is 19.5. The standard InChI is InChI=1S/C26H33Cl2N3O2/c1-20-5-3-12-29(19-20)13-4-18-33-22-10-8-21(9-11-22)30-14-16-31(17-15-30)26(32)23-6-2-7-24(27)25(23)28/h2,6-11,20H,3-5,12-19H2,1H3. The fourth-order valence-corrected chi connectivity index (χ4v) is 5.11. The van der Waals surface area contributed by atoms with Gasteiger partial charge in [0.25, 0.3) is 5.91 Å². The first-order chi connectivity index (χ1) is 16.0. The van der Waals surface area contributed by atoms with Crippen LogP contribution in [0.1, 0.15) is 36.5 Å². The van der Waals surface area contributed by atoms with E-state index in [1.54, 1.807) is 18.2 Å². The number of anilines is 1. The van der Waals surface area contributed by atoms with Crippen LogP contribution in [0.15, 0.2) is 42.5 Å². The molecular weight excluding hydrogens is 457 g/mol. The first-order valence-electron chi connectivity index (χ1n) is 11.9. The van der Waals surface area contributed by atoms with Crippen molar-refractivity contribution in [2.24, 2.45) is 5.92 Å². The lowest BCUT2D eigenvalue weighted by atomic mass is 10.0. The van der Waals surface area contributed by atoms with E-state index in [0.717, 1.165) is 50.0 Å².